The first-order chi connectivity index (χ1) is 22.5. The van der Waals surface area contributed by atoms with Crippen LogP contribution < -0.4 is 15.4 Å². The predicted octanol–water partition coefficient (Wildman–Crippen LogP) is 4.90. The van der Waals surface area contributed by atoms with Gasteiger partial charge in [-0.3, -0.25) is 14.6 Å². The van der Waals surface area contributed by atoms with Gasteiger partial charge in [-0.1, -0.05) is 12.1 Å². The smallest absolute Gasteiger partial charge is 0.321 e. The molecule has 0 unspecified atom stereocenters. The van der Waals surface area contributed by atoms with E-state index in [0.29, 0.717) is 40.7 Å². The summed E-state index contributed by atoms with van der Waals surface area (Å²) in [5, 5.41) is 19.8. The minimum atomic E-state index is -0.542. The number of aryl methyl sites for hydroxylation is 2. The largest absolute Gasteiger partial charge is 0.490 e. The molecule has 3 N–H and O–H groups in total. The summed E-state index contributed by atoms with van der Waals surface area (Å²) in [4.78, 5) is 47.5. The maximum absolute atomic E-state index is 14.3. The number of amides is 4. The molecule has 0 aliphatic carbocycles. The van der Waals surface area contributed by atoms with Crippen LogP contribution >= 0.6 is 0 Å². The Kier molecular flexibility index (Phi) is 12.3. The van der Waals surface area contributed by atoms with Crippen LogP contribution in [0.5, 0.6) is 5.75 Å². The highest BCUT2D eigenvalue weighted by Gasteiger charge is 2.31. The number of aliphatic hydroxyl groups excluding tert-OH is 1. The van der Waals surface area contributed by atoms with Crippen molar-refractivity contribution < 1.29 is 33.5 Å². The molecule has 0 spiro atoms. The van der Waals surface area contributed by atoms with Gasteiger partial charge in [0.2, 0.25) is 0 Å². The molecule has 4 atom stereocenters. The van der Waals surface area contributed by atoms with E-state index in [0.717, 1.165) is 19.3 Å². The molecule has 4 amide bonds. The van der Waals surface area contributed by atoms with Crippen molar-refractivity contribution in [3.63, 3.8) is 0 Å². The van der Waals surface area contributed by atoms with E-state index in [1.54, 1.807) is 68.0 Å². The number of rotatable bonds is 7. The molecule has 1 aliphatic rings. The maximum atomic E-state index is 14.3. The zero-order valence-corrected chi connectivity index (χ0v) is 28.0. The Morgan fingerprint density at radius 3 is 2.55 bits per heavy atom. The van der Waals surface area contributed by atoms with Crippen molar-refractivity contribution in [2.75, 3.05) is 44.0 Å². The molecule has 0 fully saturated rings. The van der Waals surface area contributed by atoms with Crippen molar-refractivity contribution in [1.29, 1.82) is 0 Å². The third-order valence-corrected chi connectivity index (χ3v) is 8.32. The lowest BCUT2D eigenvalue weighted by Crippen LogP contribution is -2.48. The van der Waals surface area contributed by atoms with E-state index < -0.39 is 12.1 Å². The van der Waals surface area contributed by atoms with Gasteiger partial charge in [0.25, 0.3) is 11.8 Å². The number of nitrogens with one attached hydrogen (secondary N) is 2. The molecule has 3 aromatic rings. The first-order valence-corrected chi connectivity index (χ1v) is 16.0. The van der Waals surface area contributed by atoms with Crippen molar-refractivity contribution >= 4 is 29.2 Å². The minimum Gasteiger partial charge on any atom is -0.490 e. The second-order valence-corrected chi connectivity index (χ2v) is 12.2. The molecule has 47 heavy (non-hydrogen) atoms. The van der Waals surface area contributed by atoms with Crippen molar-refractivity contribution in [1.82, 2.24) is 19.9 Å². The van der Waals surface area contributed by atoms with Crippen LogP contribution in [0.3, 0.4) is 0 Å². The molecule has 2 aromatic heterocycles. The van der Waals surface area contributed by atoms with E-state index >= 15 is 0 Å². The molecule has 1 aliphatic heterocycles. The number of pyridine rings is 1. The van der Waals surface area contributed by atoms with E-state index in [2.05, 4.69) is 20.8 Å². The summed E-state index contributed by atoms with van der Waals surface area (Å²) in [6.45, 7) is 9.86. The van der Waals surface area contributed by atoms with Crippen LogP contribution in [0.2, 0.25) is 0 Å². The molecule has 0 saturated carbocycles. The van der Waals surface area contributed by atoms with Crippen LogP contribution in [0.15, 0.2) is 47.2 Å². The van der Waals surface area contributed by atoms with Gasteiger partial charge in [0, 0.05) is 56.3 Å². The highest BCUT2D eigenvalue weighted by Crippen LogP contribution is 2.29. The molecule has 13 heteroatoms. The Bertz CT molecular complexity index is 1490. The van der Waals surface area contributed by atoms with Crippen LogP contribution in [0.4, 0.5) is 16.2 Å². The van der Waals surface area contributed by atoms with Gasteiger partial charge in [-0.15, -0.1) is 0 Å². The summed E-state index contributed by atoms with van der Waals surface area (Å²) in [7, 11) is 1.69. The normalized spacial score (nSPS) is 19.9. The van der Waals surface area contributed by atoms with Crippen molar-refractivity contribution in [3.05, 3.63) is 65.3 Å². The highest BCUT2D eigenvalue weighted by atomic mass is 16.5. The van der Waals surface area contributed by atoms with Gasteiger partial charge < -0.3 is 39.5 Å². The second-order valence-electron chi connectivity index (χ2n) is 12.2. The Morgan fingerprint density at radius 2 is 1.87 bits per heavy atom. The molecule has 4 rings (SSSR count). The summed E-state index contributed by atoms with van der Waals surface area (Å²) in [5.41, 5.74) is 2.23. The van der Waals surface area contributed by atoms with E-state index in [-0.39, 0.29) is 55.1 Å². The Morgan fingerprint density at radius 1 is 1.13 bits per heavy atom. The first-order valence-electron chi connectivity index (χ1n) is 16.0. The third-order valence-electron chi connectivity index (χ3n) is 8.32. The van der Waals surface area contributed by atoms with Crippen LogP contribution in [-0.2, 0) is 4.74 Å². The van der Waals surface area contributed by atoms with Gasteiger partial charge >= 0.3 is 6.03 Å². The van der Waals surface area contributed by atoms with Gasteiger partial charge in [0.15, 0.2) is 5.76 Å². The van der Waals surface area contributed by atoms with Crippen molar-refractivity contribution in [2.24, 2.45) is 5.92 Å². The zero-order valence-electron chi connectivity index (χ0n) is 28.0. The lowest BCUT2D eigenvalue weighted by Gasteiger charge is -2.35. The Balaban J connectivity index is 1.60. The number of carbonyl (C=O) groups excluding carboxylic acids is 3. The van der Waals surface area contributed by atoms with Crippen molar-refractivity contribution in [2.45, 2.75) is 72.1 Å². The van der Waals surface area contributed by atoms with Crippen LogP contribution in [0.25, 0.3) is 0 Å². The fourth-order valence-electron chi connectivity index (χ4n) is 5.39. The quantitative estimate of drug-likeness (QED) is 0.323. The van der Waals surface area contributed by atoms with E-state index in [4.69, 9.17) is 14.0 Å². The minimum absolute atomic E-state index is 0.195. The predicted molar refractivity (Wildman–Crippen MR) is 177 cm³/mol. The number of likely N-dealkylation sites (N-methyl/N-ethyl adjacent to an activating group) is 1. The summed E-state index contributed by atoms with van der Waals surface area (Å²) in [5.74, 6) is -0.0268. The third kappa shape index (κ3) is 9.29. The fourth-order valence-corrected chi connectivity index (χ4v) is 5.39. The van der Waals surface area contributed by atoms with Crippen LogP contribution in [-0.4, -0.2) is 94.5 Å². The van der Waals surface area contributed by atoms with Crippen LogP contribution in [0, 0.1) is 19.8 Å². The van der Waals surface area contributed by atoms with Crippen LogP contribution in [0.1, 0.15) is 72.2 Å². The number of hydrogen-bond acceptors (Lipinski definition) is 9. The summed E-state index contributed by atoms with van der Waals surface area (Å²) >= 11 is 0. The number of anilines is 2. The van der Waals surface area contributed by atoms with Gasteiger partial charge in [0.1, 0.15) is 17.1 Å². The van der Waals surface area contributed by atoms with Gasteiger partial charge in [-0.05, 0) is 77.3 Å². The molecule has 13 nitrogen and oxygen atoms in total. The summed E-state index contributed by atoms with van der Waals surface area (Å²) in [6, 6.07) is 7.34. The monoisotopic (exact) mass is 650 g/mol. The van der Waals surface area contributed by atoms with Crippen molar-refractivity contribution in [3.8, 4) is 5.75 Å². The fraction of sp³-hybridized carbons (Fsp3) is 0.500. The number of aliphatic hydroxyl groups is 1. The van der Waals surface area contributed by atoms with E-state index in [9.17, 15) is 19.5 Å². The lowest BCUT2D eigenvalue weighted by atomic mass is 10.0. The Hall–Kier alpha value is -4.49. The molecule has 0 bridgehead atoms. The average Bonchev–Trinajstić information content (AvgIpc) is 3.38. The van der Waals surface area contributed by atoms with Gasteiger partial charge in [0.05, 0.1) is 30.4 Å². The number of benzene rings is 1. The number of ether oxygens (including phenoxy) is 2. The SMILES string of the molecule is Cc1noc(C)c1NC(=O)N(C)C[C@@H]1OCCCC[C@@H](C)Oc2ccc(NC(=O)c3ccncc3)cc2C(=O)N([C@@H](C)CO)C[C@H]1C. The van der Waals surface area contributed by atoms with Gasteiger partial charge in [-0.25, -0.2) is 4.79 Å². The summed E-state index contributed by atoms with van der Waals surface area (Å²) in [6.07, 6.45) is 4.81. The number of hydrogen-bond donors (Lipinski definition) is 3. The number of carbonyl (C=O) groups is 3. The molecule has 0 radical (unpaired) electrons. The molecule has 254 valence electrons. The highest BCUT2D eigenvalue weighted by molar-refractivity contribution is 6.05. The van der Waals surface area contributed by atoms with Gasteiger partial charge in [-0.2, -0.15) is 0 Å². The second kappa shape index (κ2) is 16.4. The molecule has 0 saturated heterocycles. The number of urea groups is 1. The number of fused-ring (bicyclic) bond motifs is 1. The lowest BCUT2D eigenvalue weighted by molar-refractivity contribution is -0.0115. The maximum Gasteiger partial charge on any atom is 0.321 e. The standard InChI is InChI=1S/C34H46N6O7/c1-21-18-40(22(2)20-41)33(43)28-17-27(36-32(42)26-12-14-35-15-13-26)10-11-29(28)46-23(3)9-7-8-16-45-30(21)19-39(6)34(44)37-31-24(4)38-47-25(31)5/h10-15,17,21-23,30,41H,7-9,16,18-20H2,1-6H3,(H,36,42)(H,37,44)/t21-,22+,23-,30+/m1/s1. The topological polar surface area (TPSA) is 159 Å². The Labute approximate surface area is 275 Å². The van der Waals surface area contributed by atoms with E-state index in [1.807, 2.05) is 13.8 Å². The molecule has 1 aromatic carbocycles. The summed E-state index contributed by atoms with van der Waals surface area (Å²) < 4.78 is 17.8. The number of nitrogens with zero attached hydrogens (tertiary/aromatic N) is 4. The average molecular weight is 651 g/mol. The molecular weight excluding hydrogens is 604 g/mol. The van der Waals surface area contributed by atoms with E-state index in [1.165, 1.54) is 12.4 Å². The zero-order chi connectivity index (χ0) is 34.1. The molecular formula is C34H46N6O7. The first kappa shape index (κ1) is 35.4. The molecule has 3 heterocycles. The number of aromatic nitrogens is 2.